The van der Waals surface area contributed by atoms with E-state index < -0.39 is 8.07 Å². The van der Waals surface area contributed by atoms with Gasteiger partial charge in [0.15, 0.2) is 0 Å². The zero-order chi connectivity index (χ0) is 36.8. The van der Waals surface area contributed by atoms with Gasteiger partial charge >= 0.3 is 0 Å². The Morgan fingerprint density at radius 3 is 1.44 bits per heavy atom. The van der Waals surface area contributed by atoms with Crippen molar-refractivity contribution in [2.75, 3.05) is 0 Å². The molecule has 8 aromatic carbocycles. The molecule has 2 aromatic heterocycles. The normalized spacial score (nSPS) is 11.9. The fourth-order valence-electron chi connectivity index (χ4n) is 8.83. The minimum atomic E-state index is -3.13. The van der Waals surface area contributed by atoms with Gasteiger partial charge in [0.05, 0.1) is 0 Å². The van der Waals surface area contributed by atoms with E-state index in [9.17, 15) is 0 Å². The molecule has 0 unspecified atom stereocenters. The zero-order valence-electron chi connectivity index (χ0n) is 30.9. The lowest BCUT2D eigenvalue weighted by Crippen LogP contribution is -2.66. The van der Waals surface area contributed by atoms with Crippen LogP contribution in [0.2, 0.25) is 0 Å². The van der Waals surface area contributed by atoms with Crippen LogP contribution < -0.4 is 15.6 Å². The maximum atomic E-state index is 6.37. The van der Waals surface area contributed by atoms with Gasteiger partial charge in [-0.1, -0.05) is 160 Å². The van der Waals surface area contributed by atoms with Gasteiger partial charge in [0.2, 0.25) is 8.07 Å². The van der Waals surface area contributed by atoms with Crippen LogP contribution >= 0.6 is 0 Å². The van der Waals surface area contributed by atoms with E-state index >= 15 is 0 Å². The summed E-state index contributed by atoms with van der Waals surface area (Å²) >= 11 is 0. The summed E-state index contributed by atoms with van der Waals surface area (Å²) in [5, 5.41) is 13.2. The van der Waals surface area contributed by atoms with Gasteiger partial charge in [-0.05, 0) is 91.9 Å². The molecule has 2 heterocycles. The minimum absolute atomic E-state index is 0.886. The van der Waals surface area contributed by atoms with E-state index in [1.54, 1.807) is 0 Å². The maximum Gasteiger partial charge on any atom is 0.230 e. The van der Waals surface area contributed by atoms with Crippen molar-refractivity contribution >= 4 is 89.1 Å². The van der Waals surface area contributed by atoms with Gasteiger partial charge in [0.1, 0.15) is 22.3 Å². The van der Waals surface area contributed by atoms with Gasteiger partial charge < -0.3 is 8.83 Å². The number of fused-ring (bicyclic) bond motifs is 8. The standard InChI is InChI=1S/C52H40O2Si/c1-2-3-4-8-19-39-40-20-9-11-22-42(40)44(43-23-12-10-21-41(39)43)32-33-55(36-17-6-5-7-18-36,37-28-30-51-47(34-37)45-24-13-15-26-49(45)53-51)38-29-31-52-48(35-38)46-25-14-16-27-50(46)54-52/h5-7,9-18,20-31,34-35H,2-4,8,19H2,1H3. The average molecular weight is 725 g/mol. The Morgan fingerprint density at radius 1 is 0.418 bits per heavy atom. The maximum absolute atomic E-state index is 6.37. The molecule has 2 nitrogen and oxygen atoms in total. The van der Waals surface area contributed by atoms with E-state index in [2.05, 4.69) is 170 Å². The van der Waals surface area contributed by atoms with E-state index in [1.165, 1.54) is 68.4 Å². The molecule has 0 bridgehead atoms. The van der Waals surface area contributed by atoms with Crippen LogP contribution in [0.3, 0.4) is 0 Å². The molecular formula is C52H40O2Si. The molecule has 0 aliphatic heterocycles. The van der Waals surface area contributed by atoms with Crippen LogP contribution in [0.1, 0.15) is 43.7 Å². The third-order valence-electron chi connectivity index (χ3n) is 11.5. The van der Waals surface area contributed by atoms with Crippen molar-refractivity contribution in [2.24, 2.45) is 0 Å². The Bertz CT molecular complexity index is 2930. The number of benzene rings is 8. The molecule has 0 saturated carbocycles. The Balaban J connectivity index is 1.30. The zero-order valence-corrected chi connectivity index (χ0v) is 31.9. The molecule has 0 aliphatic carbocycles. The number of furan rings is 2. The molecule has 264 valence electrons. The summed E-state index contributed by atoms with van der Waals surface area (Å²) in [6.07, 6.45) is 6.00. The predicted molar refractivity (Wildman–Crippen MR) is 235 cm³/mol. The van der Waals surface area contributed by atoms with Crippen molar-refractivity contribution in [3.8, 4) is 11.5 Å². The molecule has 0 atom stereocenters. The van der Waals surface area contributed by atoms with E-state index in [1.807, 2.05) is 12.1 Å². The van der Waals surface area contributed by atoms with Gasteiger partial charge in [-0.25, -0.2) is 0 Å². The number of hydrogen-bond donors (Lipinski definition) is 0. The van der Waals surface area contributed by atoms with E-state index in [0.717, 1.165) is 55.9 Å². The fourth-order valence-corrected chi connectivity index (χ4v) is 12.7. The van der Waals surface area contributed by atoms with Crippen LogP contribution in [-0.4, -0.2) is 8.07 Å². The largest absolute Gasteiger partial charge is 0.456 e. The molecule has 0 N–H and O–H groups in total. The number of rotatable bonds is 8. The number of para-hydroxylation sites is 2. The molecule has 10 aromatic rings. The molecule has 3 heteroatoms. The van der Waals surface area contributed by atoms with E-state index in [0.29, 0.717) is 0 Å². The summed E-state index contributed by atoms with van der Waals surface area (Å²) in [5.41, 5.74) is 10.3. The van der Waals surface area contributed by atoms with E-state index in [-0.39, 0.29) is 0 Å². The molecule has 0 fully saturated rings. The van der Waals surface area contributed by atoms with Gasteiger partial charge in [0.25, 0.3) is 0 Å². The SMILES string of the molecule is CCCCCCc1c2ccccc2c(C#C[Si](c2ccccc2)(c2ccc3oc4ccccc4c3c2)c2ccc3oc4ccccc4c3c2)c2ccccc12. The lowest BCUT2D eigenvalue weighted by molar-refractivity contribution is 0.668. The second kappa shape index (κ2) is 13.8. The number of hydrogen-bond acceptors (Lipinski definition) is 2. The van der Waals surface area contributed by atoms with Gasteiger partial charge in [-0.3, -0.25) is 0 Å². The lowest BCUT2D eigenvalue weighted by Gasteiger charge is -2.28. The highest BCUT2D eigenvalue weighted by molar-refractivity contribution is 7.17. The molecule has 0 amide bonds. The quantitative estimate of drug-likeness (QED) is 0.0513. The van der Waals surface area contributed by atoms with Crippen molar-refractivity contribution in [2.45, 2.75) is 39.0 Å². The van der Waals surface area contributed by atoms with Gasteiger partial charge in [-0.15, -0.1) is 5.54 Å². The molecule has 55 heavy (non-hydrogen) atoms. The third kappa shape index (κ3) is 5.56. The first-order chi connectivity index (χ1) is 27.2. The van der Waals surface area contributed by atoms with E-state index in [4.69, 9.17) is 8.83 Å². The van der Waals surface area contributed by atoms with Crippen LogP contribution in [0.4, 0.5) is 0 Å². The molecule has 0 saturated heterocycles. The van der Waals surface area contributed by atoms with Crippen molar-refractivity contribution < 1.29 is 8.83 Å². The molecule has 0 spiro atoms. The third-order valence-corrected chi connectivity index (χ3v) is 15.6. The first kappa shape index (κ1) is 33.2. The summed E-state index contributed by atoms with van der Waals surface area (Å²) in [7, 11) is -3.13. The van der Waals surface area contributed by atoms with Crippen LogP contribution in [0.25, 0.3) is 65.4 Å². The molecule has 10 rings (SSSR count). The monoisotopic (exact) mass is 724 g/mol. The fraction of sp³-hybridized carbons (Fsp3) is 0.115. The smallest absolute Gasteiger partial charge is 0.230 e. The average Bonchev–Trinajstić information content (AvgIpc) is 3.81. The minimum Gasteiger partial charge on any atom is -0.456 e. The second-order valence-corrected chi connectivity index (χ2v) is 18.2. The summed E-state index contributed by atoms with van der Waals surface area (Å²) < 4.78 is 12.7. The van der Waals surface area contributed by atoms with Crippen molar-refractivity contribution in [3.05, 3.63) is 175 Å². The Hall–Kier alpha value is -6.34. The number of aryl methyl sites for hydroxylation is 1. The van der Waals surface area contributed by atoms with Crippen LogP contribution in [-0.2, 0) is 6.42 Å². The molecule has 0 radical (unpaired) electrons. The van der Waals surface area contributed by atoms with Crippen LogP contribution in [0.15, 0.2) is 173 Å². The van der Waals surface area contributed by atoms with Crippen LogP contribution in [0.5, 0.6) is 0 Å². The highest BCUT2D eigenvalue weighted by Crippen LogP contribution is 2.35. The number of unbranched alkanes of at least 4 members (excludes halogenated alkanes) is 3. The predicted octanol–water partition coefficient (Wildman–Crippen LogP) is 12.0. The second-order valence-electron chi connectivity index (χ2n) is 14.7. The highest BCUT2D eigenvalue weighted by Gasteiger charge is 2.39. The molecule has 0 aliphatic rings. The first-order valence-corrected chi connectivity index (χ1v) is 21.6. The summed E-state index contributed by atoms with van der Waals surface area (Å²) in [6, 6.07) is 59.1. The summed E-state index contributed by atoms with van der Waals surface area (Å²) in [6.45, 7) is 2.28. The van der Waals surface area contributed by atoms with Gasteiger partial charge in [0, 0.05) is 27.1 Å². The van der Waals surface area contributed by atoms with Gasteiger partial charge in [-0.2, -0.15) is 0 Å². The lowest BCUT2D eigenvalue weighted by atomic mass is 9.89. The van der Waals surface area contributed by atoms with Crippen molar-refractivity contribution in [3.63, 3.8) is 0 Å². The molecular weight excluding hydrogens is 685 g/mol. The summed E-state index contributed by atoms with van der Waals surface area (Å²) in [5.74, 6) is 3.99. The Labute approximate surface area is 322 Å². The Morgan fingerprint density at radius 2 is 0.891 bits per heavy atom. The van der Waals surface area contributed by atoms with Crippen molar-refractivity contribution in [1.82, 2.24) is 0 Å². The Kier molecular flexibility index (Phi) is 8.35. The van der Waals surface area contributed by atoms with Crippen molar-refractivity contribution in [1.29, 1.82) is 0 Å². The summed E-state index contributed by atoms with van der Waals surface area (Å²) in [4.78, 5) is 0. The topological polar surface area (TPSA) is 26.3 Å². The van der Waals surface area contributed by atoms with Crippen LogP contribution in [0, 0.1) is 11.5 Å². The highest BCUT2D eigenvalue weighted by atomic mass is 28.3. The first-order valence-electron chi connectivity index (χ1n) is 19.6.